The van der Waals surface area contributed by atoms with E-state index in [4.69, 9.17) is 21.3 Å². The fraction of sp³-hybridized carbons (Fsp3) is 0.350. The maximum atomic E-state index is 6.16. The van der Waals surface area contributed by atoms with Crippen molar-refractivity contribution >= 4 is 17.8 Å². The van der Waals surface area contributed by atoms with E-state index in [-0.39, 0.29) is 6.17 Å². The zero-order valence-corrected chi connectivity index (χ0v) is 14.9. The highest BCUT2D eigenvalue weighted by Gasteiger charge is 2.20. The molecule has 2 aromatic rings. The number of ether oxygens (including phenoxy) is 1. The summed E-state index contributed by atoms with van der Waals surface area (Å²) in [5.41, 5.74) is 1.20. The van der Waals surface area contributed by atoms with Crippen molar-refractivity contribution in [1.29, 1.82) is 0 Å². The molecular formula is C20H22ClN3O. The molecule has 25 heavy (non-hydrogen) atoms. The van der Waals surface area contributed by atoms with E-state index in [1.807, 2.05) is 24.3 Å². The molecule has 4 rings (SSSR count). The van der Waals surface area contributed by atoms with E-state index in [9.17, 15) is 0 Å². The summed E-state index contributed by atoms with van der Waals surface area (Å²) in [6.07, 6.45) is 2.21. The van der Waals surface area contributed by atoms with Gasteiger partial charge in [0.1, 0.15) is 6.17 Å². The molecule has 2 aliphatic rings. The van der Waals surface area contributed by atoms with Crippen LogP contribution < -0.4 is 10.6 Å². The quantitative estimate of drug-likeness (QED) is 0.840. The molecule has 0 aromatic heterocycles. The summed E-state index contributed by atoms with van der Waals surface area (Å²) in [6, 6.07) is 16.4. The Hall–Kier alpha value is -1.88. The zero-order valence-electron chi connectivity index (χ0n) is 14.1. The van der Waals surface area contributed by atoms with Crippen molar-refractivity contribution in [3.63, 3.8) is 0 Å². The SMILES string of the molecule is Clc1ccc2c(c1)=NC(c1ccccc1)N(CCN1CCOCC1)C=2. The van der Waals surface area contributed by atoms with Crippen molar-refractivity contribution in [3.8, 4) is 0 Å². The first-order valence-corrected chi connectivity index (χ1v) is 9.13. The molecule has 0 aliphatic carbocycles. The summed E-state index contributed by atoms with van der Waals surface area (Å²) in [4.78, 5) is 9.78. The Labute approximate surface area is 153 Å². The van der Waals surface area contributed by atoms with Crippen LogP contribution in [0.5, 0.6) is 0 Å². The molecule has 2 heterocycles. The average Bonchev–Trinajstić information content (AvgIpc) is 2.67. The van der Waals surface area contributed by atoms with Crippen LogP contribution in [0.1, 0.15) is 11.7 Å². The lowest BCUT2D eigenvalue weighted by Gasteiger charge is -2.33. The molecule has 0 spiro atoms. The first-order valence-electron chi connectivity index (χ1n) is 8.76. The molecule has 130 valence electrons. The molecule has 2 aromatic carbocycles. The van der Waals surface area contributed by atoms with Crippen molar-refractivity contribution in [1.82, 2.24) is 9.80 Å². The van der Waals surface area contributed by atoms with Gasteiger partial charge >= 0.3 is 0 Å². The number of hydrogen-bond acceptors (Lipinski definition) is 4. The Morgan fingerprint density at radius 3 is 2.64 bits per heavy atom. The number of hydrogen-bond donors (Lipinski definition) is 0. The van der Waals surface area contributed by atoms with E-state index < -0.39 is 0 Å². The number of morpholine rings is 1. The zero-order chi connectivity index (χ0) is 17.1. The van der Waals surface area contributed by atoms with Crippen molar-refractivity contribution in [2.24, 2.45) is 4.99 Å². The van der Waals surface area contributed by atoms with Gasteiger partial charge in [-0.25, -0.2) is 0 Å². The van der Waals surface area contributed by atoms with Crippen LogP contribution in [0, 0.1) is 0 Å². The van der Waals surface area contributed by atoms with Gasteiger partial charge < -0.3 is 9.64 Å². The number of fused-ring (bicyclic) bond motifs is 1. The molecular weight excluding hydrogens is 334 g/mol. The van der Waals surface area contributed by atoms with Crippen LogP contribution in [0.15, 0.2) is 53.5 Å². The first-order chi connectivity index (χ1) is 12.3. The van der Waals surface area contributed by atoms with E-state index in [2.05, 4.69) is 40.3 Å². The van der Waals surface area contributed by atoms with Gasteiger partial charge in [0.05, 0.1) is 18.6 Å². The summed E-state index contributed by atoms with van der Waals surface area (Å²) in [5, 5.41) is 2.81. The van der Waals surface area contributed by atoms with Gasteiger partial charge in [-0.2, -0.15) is 0 Å². The lowest BCUT2D eigenvalue weighted by molar-refractivity contribution is 0.0345. The third-order valence-corrected chi connectivity index (χ3v) is 4.98. The normalized spacial score (nSPS) is 20.5. The summed E-state index contributed by atoms with van der Waals surface area (Å²) in [5.74, 6) is 0. The molecule has 1 fully saturated rings. The molecule has 0 N–H and O–H groups in total. The van der Waals surface area contributed by atoms with Crippen LogP contribution in [-0.2, 0) is 4.74 Å². The second-order valence-electron chi connectivity index (χ2n) is 6.44. The topological polar surface area (TPSA) is 28.1 Å². The second kappa shape index (κ2) is 7.56. The summed E-state index contributed by atoms with van der Waals surface area (Å²) in [7, 11) is 0. The highest BCUT2D eigenvalue weighted by molar-refractivity contribution is 6.30. The molecule has 2 aliphatic heterocycles. The minimum absolute atomic E-state index is 0.00629. The Bertz CT molecular complexity index is 834. The standard InChI is InChI=1S/C20H22ClN3O/c21-18-7-6-17-15-24(9-8-23-10-12-25-13-11-23)20(22-19(17)14-18)16-4-2-1-3-5-16/h1-7,14-15,20H,8-13H2. The third-order valence-electron chi connectivity index (χ3n) is 4.75. The molecule has 1 unspecified atom stereocenters. The maximum absolute atomic E-state index is 6.16. The van der Waals surface area contributed by atoms with E-state index in [1.54, 1.807) is 0 Å². The minimum Gasteiger partial charge on any atom is -0.379 e. The van der Waals surface area contributed by atoms with Gasteiger partial charge in [-0.15, -0.1) is 0 Å². The number of nitrogens with zero attached hydrogens (tertiary/aromatic N) is 3. The molecule has 0 bridgehead atoms. The van der Waals surface area contributed by atoms with E-state index >= 15 is 0 Å². The average molecular weight is 356 g/mol. The van der Waals surface area contributed by atoms with Crippen LogP contribution in [0.3, 0.4) is 0 Å². The lowest BCUT2D eigenvalue weighted by atomic mass is 10.1. The van der Waals surface area contributed by atoms with Gasteiger partial charge in [0, 0.05) is 42.6 Å². The molecule has 1 atom stereocenters. The van der Waals surface area contributed by atoms with Crippen molar-refractivity contribution in [2.45, 2.75) is 6.17 Å². The van der Waals surface area contributed by atoms with Gasteiger partial charge in [0.2, 0.25) is 0 Å². The Kier molecular flexibility index (Phi) is 5.02. The number of halogens is 1. The smallest absolute Gasteiger partial charge is 0.147 e. The van der Waals surface area contributed by atoms with Crippen LogP contribution in [0.4, 0.5) is 0 Å². The summed E-state index contributed by atoms with van der Waals surface area (Å²) < 4.78 is 5.45. The van der Waals surface area contributed by atoms with Gasteiger partial charge in [0.25, 0.3) is 0 Å². The summed E-state index contributed by atoms with van der Waals surface area (Å²) in [6.45, 7) is 5.63. The molecule has 4 nitrogen and oxygen atoms in total. The lowest BCUT2D eigenvalue weighted by Crippen LogP contribution is -2.43. The van der Waals surface area contributed by atoms with Gasteiger partial charge in [-0.1, -0.05) is 41.9 Å². The van der Waals surface area contributed by atoms with Crippen molar-refractivity contribution in [2.75, 3.05) is 39.4 Å². The van der Waals surface area contributed by atoms with Crippen LogP contribution >= 0.6 is 11.6 Å². The van der Waals surface area contributed by atoms with Crippen LogP contribution in [0.25, 0.3) is 6.20 Å². The van der Waals surface area contributed by atoms with Gasteiger partial charge in [-0.05, 0) is 23.8 Å². The molecule has 0 amide bonds. The Morgan fingerprint density at radius 1 is 1.04 bits per heavy atom. The predicted molar refractivity (Wildman–Crippen MR) is 99.8 cm³/mol. The molecule has 5 heteroatoms. The minimum atomic E-state index is -0.00629. The fourth-order valence-corrected chi connectivity index (χ4v) is 3.52. The molecule has 1 saturated heterocycles. The molecule has 0 saturated carbocycles. The maximum Gasteiger partial charge on any atom is 0.147 e. The largest absolute Gasteiger partial charge is 0.379 e. The van der Waals surface area contributed by atoms with Crippen molar-refractivity contribution < 1.29 is 4.74 Å². The van der Waals surface area contributed by atoms with Crippen molar-refractivity contribution in [3.05, 3.63) is 69.7 Å². The van der Waals surface area contributed by atoms with Crippen LogP contribution in [0.2, 0.25) is 5.02 Å². The van der Waals surface area contributed by atoms with E-state index in [0.29, 0.717) is 0 Å². The summed E-state index contributed by atoms with van der Waals surface area (Å²) >= 11 is 6.16. The van der Waals surface area contributed by atoms with E-state index in [1.165, 1.54) is 5.56 Å². The predicted octanol–water partition coefficient (Wildman–Crippen LogP) is 2.04. The highest BCUT2D eigenvalue weighted by atomic mass is 35.5. The van der Waals surface area contributed by atoms with Gasteiger partial charge in [-0.3, -0.25) is 9.89 Å². The highest BCUT2D eigenvalue weighted by Crippen LogP contribution is 2.23. The molecule has 0 radical (unpaired) electrons. The third kappa shape index (κ3) is 3.87. The first kappa shape index (κ1) is 16.6. The van der Waals surface area contributed by atoms with Crippen LogP contribution in [-0.4, -0.2) is 49.2 Å². The Balaban J connectivity index is 1.63. The Morgan fingerprint density at radius 2 is 1.84 bits per heavy atom. The van der Waals surface area contributed by atoms with E-state index in [0.717, 1.165) is 55.0 Å². The fourth-order valence-electron chi connectivity index (χ4n) is 3.35. The second-order valence-corrected chi connectivity index (χ2v) is 6.87. The monoisotopic (exact) mass is 355 g/mol. The van der Waals surface area contributed by atoms with Gasteiger partial charge in [0.15, 0.2) is 0 Å². The number of benzene rings is 2. The number of rotatable bonds is 4.